The molecule has 2 atom stereocenters. The van der Waals surface area contributed by atoms with Gasteiger partial charge in [-0.25, -0.2) is 4.99 Å². The predicted molar refractivity (Wildman–Crippen MR) is 128 cm³/mol. The molecule has 30 heavy (non-hydrogen) atoms. The van der Waals surface area contributed by atoms with Gasteiger partial charge in [0.25, 0.3) is 0 Å². The van der Waals surface area contributed by atoms with Crippen molar-refractivity contribution in [3.8, 4) is 0 Å². The van der Waals surface area contributed by atoms with Gasteiger partial charge < -0.3 is 20.6 Å². The van der Waals surface area contributed by atoms with Gasteiger partial charge in [-0.15, -0.1) is 0 Å². The number of nitrogens with one attached hydrogen (secondary N) is 2. The molecule has 0 radical (unpaired) electrons. The number of hydrogen-bond donors (Lipinski definition) is 3. The molecule has 0 saturated carbocycles. The maximum atomic E-state index is 10.7. The quantitative estimate of drug-likeness (QED) is 0.445. The second-order valence-electron chi connectivity index (χ2n) is 8.07. The maximum absolute atomic E-state index is 10.7. The molecule has 1 aliphatic rings. The largest absolute Gasteiger partial charge is 0.383 e. The molecule has 1 saturated heterocycles. The topological polar surface area (TPSA) is 63.1 Å². The highest BCUT2D eigenvalue weighted by Gasteiger charge is 2.24. The average Bonchev–Trinajstić information content (AvgIpc) is 3.32. The lowest BCUT2D eigenvalue weighted by Crippen LogP contribution is -2.53. The number of para-hydroxylation sites is 1. The molecule has 3 rings (SSSR count). The first-order valence-electron chi connectivity index (χ1n) is 10.8. The van der Waals surface area contributed by atoms with Crippen molar-refractivity contribution in [1.29, 1.82) is 0 Å². The summed E-state index contributed by atoms with van der Waals surface area (Å²) in [5.41, 5.74) is 1.26. The van der Waals surface area contributed by atoms with Crippen molar-refractivity contribution in [1.82, 2.24) is 15.5 Å². The fraction of sp³-hybridized carbons (Fsp3) is 0.522. The van der Waals surface area contributed by atoms with Crippen molar-refractivity contribution < 1.29 is 5.11 Å². The van der Waals surface area contributed by atoms with Crippen LogP contribution in [0, 0.1) is 0 Å². The van der Waals surface area contributed by atoms with Crippen molar-refractivity contribution in [2.75, 3.05) is 50.7 Å². The van der Waals surface area contributed by atoms with Gasteiger partial charge in [0.15, 0.2) is 5.96 Å². The number of hydrogen-bond acceptors (Lipinski definition) is 5. The van der Waals surface area contributed by atoms with E-state index in [4.69, 9.17) is 0 Å². The van der Waals surface area contributed by atoms with E-state index in [-0.39, 0.29) is 0 Å². The molecule has 6 nitrogen and oxygen atoms in total. The molecule has 3 N–H and O–H groups in total. The second-order valence-corrected chi connectivity index (χ2v) is 8.85. The Hall–Kier alpha value is -2.09. The molecule has 1 aliphatic heterocycles. The van der Waals surface area contributed by atoms with E-state index in [1.807, 2.05) is 23.8 Å². The van der Waals surface area contributed by atoms with E-state index in [9.17, 15) is 5.11 Å². The Morgan fingerprint density at radius 3 is 2.53 bits per heavy atom. The van der Waals surface area contributed by atoms with Crippen LogP contribution >= 0.6 is 11.3 Å². The zero-order valence-corrected chi connectivity index (χ0v) is 19.2. The number of anilines is 1. The van der Waals surface area contributed by atoms with Crippen LogP contribution in [0.15, 0.2) is 52.2 Å². The van der Waals surface area contributed by atoms with Crippen LogP contribution in [-0.4, -0.2) is 67.8 Å². The molecule has 7 heteroatoms. The third kappa shape index (κ3) is 6.20. The summed E-state index contributed by atoms with van der Waals surface area (Å²) in [4.78, 5) is 9.61. The van der Waals surface area contributed by atoms with E-state index < -0.39 is 5.60 Å². The number of aliphatic imine (C=N–C) groups is 1. The number of benzene rings is 1. The highest BCUT2D eigenvalue weighted by Crippen LogP contribution is 2.23. The van der Waals surface area contributed by atoms with Gasteiger partial charge in [0, 0.05) is 51.0 Å². The molecule has 2 aromatic rings. The Morgan fingerprint density at radius 1 is 1.17 bits per heavy atom. The summed E-state index contributed by atoms with van der Waals surface area (Å²) in [7, 11) is 0. The van der Waals surface area contributed by atoms with Gasteiger partial charge in [-0.05, 0) is 55.3 Å². The fourth-order valence-corrected chi connectivity index (χ4v) is 4.45. The average molecular weight is 430 g/mol. The zero-order valence-electron chi connectivity index (χ0n) is 18.3. The molecular weight excluding hydrogens is 394 g/mol. The fourth-order valence-electron chi connectivity index (χ4n) is 3.67. The Morgan fingerprint density at radius 2 is 1.90 bits per heavy atom. The molecule has 0 amide bonds. The third-order valence-electron chi connectivity index (χ3n) is 5.66. The van der Waals surface area contributed by atoms with E-state index >= 15 is 0 Å². The molecule has 2 unspecified atom stereocenters. The molecule has 0 bridgehead atoms. The van der Waals surface area contributed by atoms with Crippen LogP contribution in [0.5, 0.6) is 0 Å². The zero-order chi connectivity index (χ0) is 21.4. The lowest BCUT2D eigenvalue weighted by Gasteiger charge is -2.39. The standard InChI is InChI=1S/C23H35N5OS/c1-4-24-22(26-18-23(3,29)20-10-15-30-17-20)25-16-19(2)27-11-13-28(14-12-27)21-8-6-5-7-9-21/h5-10,15,17,19,29H,4,11-14,16,18H2,1-3H3,(H2,24,25,26). The van der Waals surface area contributed by atoms with Crippen LogP contribution in [0.3, 0.4) is 0 Å². The van der Waals surface area contributed by atoms with Crippen LogP contribution in [0.4, 0.5) is 5.69 Å². The van der Waals surface area contributed by atoms with Crippen LogP contribution < -0.4 is 15.5 Å². The smallest absolute Gasteiger partial charge is 0.191 e. The first-order valence-corrected chi connectivity index (χ1v) is 11.7. The van der Waals surface area contributed by atoms with Crippen LogP contribution in [-0.2, 0) is 5.60 Å². The molecule has 2 heterocycles. The van der Waals surface area contributed by atoms with Crippen molar-refractivity contribution in [3.63, 3.8) is 0 Å². The van der Waals surface area contributed by atoms with Crippen LogP contribution in [0.1, 0.15) is 26.3 Å². The SMILES string of the molecule is CCNC(=NCC(C)(O)c1ccsc1)NCC(C)N1CCN(c2ccccc2)CC1. The van der Waals surface area contributed by atoms with Crippen LogP contribution in [0.25, 0.3) is 0 Å². The van der Waals surface area contributed by atoms with E-state index in [0.29, 0.717) is 12.6 Å². The number of aliphatic hydroxyl groups is 1. The minimum Gasteiger partial charge on any atom is -0.383 e. The Bertz CT molecular complexity index is 770. The lowest BCUT2D eigenvalue weighted by molar-refractivity contribution is 0.0677. The number of thiophene rings is 1. The summed E-state index contributed by atoms with van der Waals surface area (Å²) in [5, 5.41) is 21.4. The molecule has 164 valence electrons. The number of piperazine rings is 1. The van der Waals surface area contributed by atoms with Gasteiger partial charge in [0.05, 0.1) is 6.54 Å². The Balaban J connectivity index is 1.48. The summed E-state index contributed by atoms with van der Waals surface area (Å²) < 4.78 is 0. The number of nitrogens with zero attached hydrogens (tertiary/aromatic N) is 3. The number of guanidine groups is 1. The van der Waals surface area contributed by atoms with Gasteiger partial charge in [-0.2, -0.15) is 11.3 Å². The van der Waals surface area contributed by atoms with Gasteiger partial charge >= 0.3 is 0 Å². The molecule has 1 aromatic heterocycles. The summed E-state index contributed by atoms with van der Waals surface area (Å²) in [5.74, 6) is 0.753. The van der Waals surface area contributed by atoms with Gasteiger partial charge in [0.2, 0.25) is 0 Å². The van der Waals surface area contributed by atoms with Crippen molar-refractivity contribution >= 4 is 23.0 Å². The van der Waals surface area contributed by atoms with Gasteiger partial charge in [-0.1, -0.05) is 18.2 Å². The normalized spacial score (nSPS) is 18.7. The van der Waals surface area contributed by atoms with Gasteiger partial charge in [-0.3, -0.25) is 4.90 Å². The molecule has 1 aromatic carbocycles. The highest BCUT2D eigenvalue weighted by molar-refractivity contribution is 7.08. The maximum Gasteiger partial charge on any atom is 0.191 e. The summed E-state index contributed by atoms with van der Waals surface area (Å²) in [6.45, 7) is 12.3. The molecule has 0 spiro atoms. The summed E-state index contributed by atoms with van der Waals surface area (Å²) >= 11 is 1.59. The summed E-state index contributed by atoms with van der Waals surface area (Å²) in [6, 6.07) is 13.0. The monoisotopic (exact) mass is 429 g/mol. The van der Waals surface area contributed by atoms with Crippen molar-refractivity contribution in [2.45, 2.75) is 32.4 Å². The van der Waals surface area contributed by atoms with E-state index in [2.05, 4.69) is 69.6 Å². The summed E-state index contributed by atoms with van der Waals surface area (Å²) in [6.07, 6.45) is 0. The van der Waals surface area contributed by atoms with Crippen molar-refractivity contribution in [2.24, 2.45) is 4.99 Å². The molecule has 1 fully saturated rings. The first-order chi connectivity index (χ1) is 14.5. The molecule has 0 aliphatic carbocycles. The molecular formula is C23H35N5OS. The first kappa shape index (κ1) is 22.6. The second kappa shape index (κ2) is 10.8. The lowest BCUT2D eigenvalue weighted by atomic mass is 10.00. The van der Waals surface area contributed by atoms with Crippen LogP contribution in [0.2, 0.25) is 0 Å². The van der Waals surface area contributed by atoms with E-state index in [1.165, 1.54) is 5.69 Å². The van der Waals surface area contributed by atoms with Gasteiger partial charge in [0.1, 0.15) is 5.60 Å². The number of rotatable bonds is 8. The predicted octanol–water partition coefficient (Wildman–Crippen LogP) is 2.72. The minimum atomic E-state index is -0.957. The van der Waals surface area contributed by atoms with E-state index in [0.717, 1.165) is 50.8 Å². The van der Waals surface area contributed by atoms with E-state index in [1.54, 1.807) is 11.3 Å². The highest BCUT2D eigenvalue weighted by atomic mass is 32.1. The third-order valence-corrected chi connectivity index (χ3v) is 6.34. The minimum absolute atomic E-state index is 0.323. The Labute approximate surface area is 184 Å². The van der Waals surface area contributed by atoms with Crippen molar-refractivity contribution in [3.05, 3.63) is 52.7 Å². The Kier molecular flexibility index (Phi) is 8.13.